The maximum absolute atomic E-state index is 12.8. The minimum absolute atomic E-state index is 0.475. The molecule has 0 aliphatic carbocycles. The van der Waals surface area contributed by atoms with Crippen molar-refractivity contribution in [2.24, 2.45) is 0 Å². The third kappa shape index (κ3) is 5.31. The second-order valence-electron chi connectivity index (χ2n) is 8.71. The van der Waals surface area contributed by atoms with Gasteiger partial charge >= 0.3 is 6.18 Å². The van der Waals surface area contributed by atoms with Gasteiger partial charge < -0.3 is 5.32 Å². The second kappa shape index (κ2) is 9.60. The van der Waals surface area contributed by atoms with Gasteiger partial charge in [-0.15, -0.1) is 0 Å². The van der Waals surface area contributed by atoms with Gasteiger partial charge in [-0.2, -0.15) is 13.2 Å². The topological polar surface area (TPSA) is 62.3 Å². The van der Waals surface area contributed by atoms with Crippen molar-refractivity contribution >= 4 is 11.5 Å². The molecule has 178 valence electrons. The highest BCUT2D eigenvalue weighted by Crippen LogP contribution is 2.30. The first-order chi connectivity index (χ1) is 16.4. The van der Waals surface area contributed by atoms with Crippen LogP contribution in [-0.4, -0.2) is 28.0 Å². The van der Waals surface area contributed by atoms with Crippen LogP contribution in [0.25, 0.3) is 0 Å². The maximum Gasteiger partial charge on any atom is 0.416 e. The van der Waals surface area contributed by atoms with E-state index in [1.165, 1.54) is 17.7 Å². The predicted molar refractivity (Wildman–Crippen MR) is 123 cm³/mol. The number of hydrogen-bond donors (Lipinski definition) is 2. The van der Waals surface area contributed by atoms with E-state index in [-0.39, 0.29) is 0 Å². The Hall–Kier alpha value is -3.17. The van der Waals surface area contributed by atoms with E-state index < -0.39 is 11.7 Å². The minimum Gasteiger partial charge on any atom is -0.370 e. The summed E-state index contributed by atoms with van der Waals surface area (Å²) in [5.74, 6) is 0.986. The Morgan fingerprint density at radius 1 is 1.06 bits per heavy atom. The van der Waals surface area contributed by atoms with Crippen molar-refractivity contribution < 1.29 is 18.0 Å². The van der Waals surface area contributed by atoms with E-state index in [4.69, 9.17) is 4.84 Å². The molecule has 3 aromatic rings. The summed E-state index contributed by atoms with van der Waals surface area (Å²) < 4.78 is 38.3. The first-order valence-electron chi connectivity index (χ1n) is 11.4. The Bertz CT molecular complexity index is 1150. The van der Waals surface area contributed by atoms with Gasteiger partial charge in [-0.25, -0.2) is 4.98 Å². The van der Waals surface area contributed by atoms with E-state index in [2.05, 4.69) is 37.8 Å². The summed E-state index contributed by atoms with van der Waals surface area (Å²) >= 11 is 0. The third-order valence-corrected chi connectivity index (χ3v) is 6.12. The van der Waals surface area contributed by atoms with Gasteiger partial charge in [0.1, 0.15) is 5.82 Å². The van der Waals surface area contributed by atoms with Crippen LogP contribution >= 0.6 is 0 Å². The first-order valence-corrected chi connectivity index (χ1v) is 11.4. The number of rotatable bonds is 7. The van der Waals surface area contributed by atoms with Crippen molar-refractivity contribution in [1.29, 1.82) is 0 Å². The molecule has 0 bridgehead atoms. The smallest absolute Gasteiger partial charge is 0.370 e. The Balaban J connectivity index is 1.10. The molecule has 0 unspecified atom stereocenters. The maximum atomic E-state index is 12.8. The van der Waals surface area contributed by atoms with Gasteiger partial charge in [0, 0.05) is 38.3 Å². The van der Waals surface area contributed by atoms with Crippen LogP contribution < -0.4 is 10.8 Å². The van der Waals surface area contributed by atoms with E-state index in [9.17, 15) is 13.2 Å². The molecule has 0 radical (unpaired) electrons. The second-order valence-corrected chi connectivity index (χ2v) is 8.71. The predicted octanol–water partition coefficient (Wildman–Crippen LogP) is 4.96. The van der Waals surface area contributed by atoms with Crippen molar-refractivity contribution in [1.82, 2.24) is 14.9 Å². The molecular formula is C25H26F3N5O. The zero-order chi connectivity index (χ0) is 23.5. The number of pyridine rings is 2. The van der Waals surface area contributed by atoms with Gasteiger partial charge in [0.25, 0.3) is 0 Å². The number of nitrogens with zero attached hydrogens (tertiary/aromatic N) is 3. The van der Waals surface area contributed by atoms with E-state index in [1.807, 2.05) is 6.07 Å². The van der Waals surface area contributed by atoms with Crippen molar-refractivity contribution in [3.8, 4) is 0 Å². The highest BCUT2D eigenvalue weighted by molar-refractivity contribution is 5.47. The van der Waals surface area contributed by atoms with Gasteiger partial charge in [-0.05, 0) is 53.8 Å². The molecule has 0 saturated carbocycles. The van der Waals surface area contributed by atoms with Crippen molar-refractivity contribution in [2.45, 2.75) is 45.1 Å². The third-order valence-electron chi connectivity index (χ3n) is 6.12. The number of aromatic nitrogens is 2. The van der Waals surface area contributed by atoms with E-state index in [1.54, 1.807) is 6.20 Å². The number of benzene rings is 1. The fourth-order valence-corrected chi connectivity index (χ4v) is 4.35. The Morgan fingerprint density at radius 3 is 2.74 bits per heavy atom. The SMILES string of the molecule is FC(F)(F)c1ccc(CN2Cc3cc(NOCCc4ccc5c(n4)NCCC5)cnc3C2)cc1. The Labute approximate surface area is 196 Å². The van der Waals surface area contributed by atoms with Crippen LogP contribution in [0, 0.1) is 0 Å². The molecule has 0 atom stereocenters. The lowest BCUT2D eigenvalue weighted by molar-refractivity contribution is -0.137. The first kappa shape index (κ1) is 22.6. The number of anilines is 2. The van der Waals surface area contributed by atoms with Gasteiger partial charge in [-0.1, -0.05) is 18.2 Å². The highest BCUT2D eigenvalue weighted by atomic mass is 19.4. The van der Waals surface area contributed by atoms with Crippen LogP contribution in [0.2, 0.25) is 0 Å². The zero-order valence-electron chi connectivity index (χ0n) is 18.7. The van der Waals surface area contributed by atoms with E-state index >= 15 is 0 Å². The highest BCUT2D eigenvalue weighted by Gasteiger charge is 2.30. The zero-order valence-corrected chi connectivity index (χ0v) is 18.7. The molecule has 4 heterocycles. The van der Waals surface area contributed by atoms with Crippen LogP contribution in [0.5, 0.6) is 0 Å². The molecule has 2 N–H and O–H groups in total. The lowest BCUT2D eigenvalue weighted by atomic mass is 10.1. The molecular weight excluding hydrogens is 443 g/mol. The molecule has 6 nitrogen and oxygen atoms in total. The number of hydrogen-bond acceptors (Lipinski definition) is 6. The molecule has 5 rings (SSSR count). The molecule has 0 saturated heterocycles. The minimum atomic E-state index is -4.31. The molecule has 0 fully saturated rings. The monoisotopic (exact) mass is 469 g/mol. The van der Waals surface area contributed by atoms with Crippen LogP contribution in [0.1, 0.15) is 40.1 Å². The number of aryl methyl sites for hydroxylation is 1. The van der Waals surface area contributed by atoms with Crippen LogP contribution in [-0.2, 0) is 43.5 Å². The molecule has 0 spiro atoms. The fourth-order valence-electron chi connectivity index (χ4n) is 4.35. The van der Waals surface area contributed by atoms with E-state index in [0.717, 1.165) is 65.5 Å². The van der Waals surface area contributed by atoms with Crippen molar-refractivity contribution in [3.63, 3.8) is 0 Å². The molecule has 0 amide bonds. The average molecular weight is 470 g/mol. The largest absolute Gasteiger partial charge is 0.416 e. The molecule has 1 aromatic carbocycles. The summed E-state index contributed by atoms with van der Waals surface area (Å²) in [4.78, 5) is 17.0. The molecule has 2 aliphatic rings. The van der Waals surface area contributed by atoms with Crippen molar-refractivity contribution in [3.05, 3.63) is 82.3 Å². The van der Waals surface area contributed by atoms with Gasteiger partial charge in [0.2, 0.25) is 0 Å². The Kier molecular flexibility index (Phi) is 6.38. The summed E-state index contributed by atoms with van der Waals surface area (Å²) in [6, 6.07) is 11.5. The summed E-state index contributed by atoms with van der Waals surface area (Å²) in [6.45, 7) is 3.36. The molecule has 2 aromatic heterocycles. The summed E-state index contributed by atoms with van der Waals surface area (Å²) in [7, 11) is 0. The lowest BCUT2D eigenvalue weighted by Crippen LogP contribution is -2.16. The summed E-state index contributed by atoms with van der Waals surface area (Å²) in [5.41, 5.74) is 8.27. The normalized spacial score (nSPS) is 15.5. The summed E-state index contributed by atoms with van der Waals surface area (Å²) in [5, 5.41) is 3.35. The number of nitrogens with one attached hydrogen (secondary N) is 2. The summed E-state index contributed by atoms with van der Waals surface area (Å²) in [6.07, 6.45) is 0.332. The number of alkyl halides is 3. The fraction of sp³-hybridized carbons (Fsp3) is 0.360. The quantitative estimate of drug-likeness (QED) is 0.377. The van der Waals surface area contributed by atoms with E-state index in [0.29, 0.717) is 32.7 Å². The number of fused-ring (bicyclic) bond motifs is 2. The Morgan fingerprint density at radius 2 is 1.91 bits per heavy atom. The van der Waals surface area contributed by atoms with Gasteiger partial charge in [-0.3, -0.25) is 20.2 Å². The lowest BCUT2D eigenvalue weighted by Gasteiger charge is -2.17. The van der Waals surface area contributed by atoms with Crippen LogP contribution in [0.15, 0.2) is 48.7 Å². The van der Waals surface area contributed by atoms with Gasteiger partial charge in [0.05, 0.1) is 29.7 Å². The van der Waals surface area contributed by atoms with Crippen LogP contribution in [0.4, 0.5) is 24.7 Å². The standard InChI is InChI=1S/C25H26F3N5O/c26-25(27,28)20-6-3-17(4-7-20)14-33-15-19-12-22(13-30-23(19)16-33)32-34-11-9-21-8-5-18-2-1-10-29-24(18)31-21/h3-8,12-13,32H,1-2,9-11,14-16H2,(H,29,31). The molecule has 2 aliphatic heterocycles. The van der Waals surface area contributed by atoms with Crippen LogP contribution in [0.3, 0.4) is 0 Å². The average Bonchev–Trinajstić information content (AvgIpc) is 3.23. The van der Waals surface area contributed by atoms with Crippen molar-refractivity contribution in [2.75, 3.05) is 23.9 Å². The van der Waals surface area contributed by atoms with Gasteiger partial charge in [0.15, 0.2) is 0 Å². The number of halogens is 3. The molecule has 9 heteroatoms. The molecule has 34 heavy (non-hydrogen) atoms.